The van der Waals surface area contributed by atoms with Crippen LogP contribution in [0.3, 0.4) is 0 Å². The number of carbonyl (C=O) groups excluding carboxylic acids is 2. The number of hydrogen-bond donors (Lipinski definition) is 2. The molecule has 3 N–H and O–H groups in total. The lowest BCUT2D eigenvalue weighted by Gasteiger charge is -2.47. The van der Waals surface area contributed by atoms with Gasteiger partial charge in [0, 0.05) is 37.1 Å². The molecule has 2 aromatic heterocycles. The van der Waals surface area contributed by atoms with Gasteiger partial charge in [0.1, 0.15) is 24.0 Å². The fraction of sp³-hybridized carbons (Fsp3) is 0.731. The summed E-state index contributed by atoms with van der Waals surface area (Å²) in [6, 6.07) is -0.391. The Morgan fingerprint density at radius 2 is 2.05 bits per heavy atom. The number of rotatable bonds is 10. The number of fused-ring (bicyclic) bond motifs is 1. The van der Waals surface area contributed by atoms with Crippen molar-refractivity contribution in [2.45, 2.75) is 88.2 Å². The molecule has 3 aliphatic heterocycles. The highest BCUT2D eigenvalue weighted by molar-refractivity contribution is 7.99. The first-order valence-electron chi connectivity index (χ1n) is 13.8. The number of carbonyl (C=O) groups is 2. The van der Waals surface area contributed by atoms with E-state index in [0.717, 1.165) is 6.42 Å². The Morgan fingerprint density at radius 3 is 2.73 bits per heavy atom. The van der Waals surface area contributed by atoms with Crippen molar-refractivity contribution in [1.29, 1.82) is 0 Å². The number of methoxy groups -OCH3 is 1. The zero-order valence-corrected chi connectivity index (χ0v) is 24.9. The number of cyclic esters (lactones) is 1. The van der Waals surface area contributed by atoms with E-state index >= 15 is 0 Å². The van der Waals surface area contributed by atoms with E-state index in [1.165, 1.54) is 13.4 Å². The second kappa shape index (κ2) is 11.5. The number of anilines is 1. The van der Waals surface area contributed by atoms with Crippen molar-refractivity contribution < 1.29 is 33.6 Å². The van der Waals surface area contributed by atoms with Crippen molar-refractivity contribution in [2.24, 2.45) is 0 Å². The van der Waals surface area contributed by atoms with Gasteiger partial charge in [-0.05, 0) is 40.5 Å². The predicted molar refractivity (Wildman–Crippen MR) is 150 cm³/mol. The maximum atomic E-state index is 12.7. The van der Waals surface area contributed by atoms with E-state index in [2.05, 4.69) is 19.9 Å². The normalized spacial score (nSPS) is 28.5. The smallest absolute Gasteiger partial charge is 0.415 e. The number of imidazole rings is 1. The van der Waals surface area contributed by atoms with Gasteiger partial charge < -0.3 is 29.8 Å². The van der Waals surface area contributed by atoms with Crippen LogP contribution < -0.4 is 5.73 Å². The van der Waals surface area contributed by atoms with E-state index in [1.54, 1.807) is 41.4 Å². The molecule has 14 nitrogen and oxygen atoms in total. The van der Waals surface area contributed by atoms with Gasteiger partial charge in [-0.15, -0.1) is 0 Å². The zero-order chi connectivity index (χ0) is 29.5. The first-order chi connectivity index (χ1) is 19.4. The Morgan fingerprint density at radius 1 is 1.27 bits per heavy atom. The van der Waals surface area contributed by atoms with Crippen molar-refractivity contribution in [3.05, 3.63) is 12.7 Å². The van der Waals surface area contributed by atoms with Gasteiger partial charge in [0.15, 0.2) is 29.2 Å². The third kappa shape index (κ3) is 6.38. The molecule has 5 rings (SSSR count). The van der Waals surface area contributed by atoms with Crippen molar-refractivity contribution in [3.63, 3.8) is 0 Å². The fourth-order valence-corrected chi connectivity index (χ4v) is 7.01. The van der Waals surface area contributed by atoms with Crippen LogP contribution in [0, 0.1) is 0 Å². The quantitative estimate of drug-likeness (QED) is 0.302. The minimum atomic E-state index is -1.36. The Hall–Kier alpha value is -2.72. The first kappa shape index (κ1) is 29.8. The fourth-order valence-electron chi connectivity index (χ4n) is 5.72. The summed E-state index contributed by atoms with van der Waals surface area (Å²) < 4.78 is 24.5. The summed E-state index contributed by atoms with van der Waals surface area (Å²) in [7, 11) is 1.40. The van der Waals surface area contributed by atoms with Crippen LogP contribution >= 0.6 is 11.8 Å². The van der Waals surface area contributed by atoms with Crippen LogP contribution in [0.2, 0.25) is 0 Å². The lowest BCUT2D eigenvalue weighted by molar-refractivity contribution is -0.222. The molecule has 2 aromatic rings. The van der Waals surface area contributed by atoms with Crippen LogP contribution in [0.4, 0.5) is 10.6 Å². The van der Waals surface area contributed by atoms with E-state index in [4.69, 9.17) is 24.7 Å². The average Bonchev–Trinajstić information content (AvgIpc) is 3.50. The largest absolute Gasteiger partial charge is 0.468 e. The molecule has 3 fully saturated rings. The highest BCUT2D eigenvalue weighted by atomic mass is 32.2. The molecule has 5 heterocycles. The zero-order valence-electron chi connectivity index (χ0n) is 24.1. The van der Waals surface area contributed by atoms with Gasteiger partial charge >= 0.3 is 12.1 Å². The number of nitrogen functional groups attached to an aromatic ring is 1. The van der Waals surface area contributed by atoms with Gasteiger partial charge in [0.25, 0.3) is 0 Å². The van der Waals surface area contributed by atoms with E-state index in [9.17, 15) is 14.7 Å². The number of aliphatic hydroxyl groups is 1. The van der Waals surface area contributed by atoms with Crippen LogP contribution in [0.1, 0.15) is 53.2 Å². The van der Waals surface area contributed by atoms with Gasteiger partial charge in [0.2, 0.25) is 0 Å². The summed E-state index contributed by atoms with van der Waals surface area (Å²) in [5.74, 6) is -0.678. The maximum Gasteiger partial charge on any atom is 0.415 e. The van der Waals surface area contributed by atoms with Crippen LogP contribution in [-0.4, -0.2) is 114 Å². The highest BCUT2D eigenvalue weighted by Crippen LogP contribution is 2.38. The molecule has 3 unspecified atom stereocenters. The molecule has 41 heavy (non-hydrogen) atoms. The van der Waals surface area contributed by atoms with Gasteiger partial charge in [-0.1, -0.05) is 0 Å². The van der Waals surface area contributed by atoms with E-state index in [1.807, 2.05) is 13.8 Å². The van der Waals surface area contributed by atoms with Crippen LogP contribution in [-0.2, 0) is 23.7 Å². The van der Waals surface area contributed by atoms with Crippen molar-refractivity contribution in [1.82, 2.24) is 29.3 Å². The minimum absolute atomic E-state index is 0.164. The Labute approximate surface area is 242 Å². The number of thioether (sulfide) groups is 1. The number of hydrogen-bond acceptors (Lipinski definition) is 13. The first-order valence-corrected chi connectivity index (χ1v) is 14.8. The van der Waals surface area contributed by atoms with Crippen LogP contribution in [0.5, 0.6) is 0 Å². The molecule has 0 spiro atoms. The van der Waals surface area contributed by atoms with Crippen molar-refractivity contribution in [3.8, 4) is 0 Å². The third-order valence-corrected chi connectivity index (χ3v) is 9.18. The summed E-state index contributed by atoms with van der Waals surface area (Å²) in [6.07, 6.45) is 3.55. The Balaban J connectivity index is 1.21. The van der Waals surface area contributed by atoms with Gasteiger partial charge in [-0.25, -0.2) is 19.7 Å². The van der Waals surface area contributed by atoms with Crippen LogP contribution in [0.15, 0.2) is 12.7 Å². The number of ether oxygens (including phenoxy) is 4. The van der Waals surface area contributed by atoms with Crippen LogP contribution in [0.25, 0.3) is 11.2 Å². The lowest BCUT2D eigenvalue weighted by atomic mass is 10.0. The summed E-state index contributed by atoms with van der Waals surface area (Å²) >= 11 is 1.76. The number of amides is 1. The molecule has 3 aliphatic rings. The molecule has 0 radical (unpaired) electrons. The summed E-state index contributed by atoms with van der Waals surface area (Å²) in [4.78, 5) is 41.1. The highest BCUT2D eigenvalue weighted by Gasteiger charge is 2.46. The molecule has 226 valence electrons. The van der Waals surface area contributed by atoms with Gasteiger partial charge in [-0.2, -0.15) is 11.8 Å². The molecule has 0 bridgehead atoms. The van der Waals surface area contributed by atoms with E-state index in [-0.39, 0.29) is 29.2 Å². The molecule has 15 heteroatoms. The minimum Gasteiger partial charge on any atom is -0.468 e. The topological polar surface area (TPSA) is 167 Å². The molecule has 3 saturated heterocycles. The molecular weight excluding hydrogens is 554 g/mol. The number of esters is 1. The SMILES string of the molecule is COC(=O)C1CC(SC[C@@H]2CC(OC(C)(C)O)[C@H](n3cnc4c(N)ncnc43)O2)CCN1CCN1C(=O)OC1(C)C. The predicted octanol–water partition coefficient (Wildman–Crippen LogP) is 1.74. The molecule has 1 amide bonds. The molecule has 5 atom stereocenters. The number of piperidine rings is 1. The van der Waals surface area contributed by atoms with Gasteiger partial charge in [-0.3, -0.25) is 19.2 Å². The van der Waals surface area contributed by atoms with Crippen molar-refractivity contribution >= 4 is 40.8 Å². The monoisotopic (exact) mass is 593 g/mol. The average molecular weight is 594 g/mol. The number of likely N-dealkylation sites (tertiary alicyclic amines) is 1. The summed E-state index contributed by atoms with van der Waals surface area (Å²) in [6.45, 7) is 8.63. The standard InChI is InChI=1S/C26H39N7O7S/c1-25(2)33(24(35)40-25)9-8-31-7-6-16(11-17(31)23(34)37-5)41-12-15-10-18(39-26(3,4)36)22(38-15)32-14-30-19-20(27)28-13-29-21(19)32/h13-18,22,36H,6-12H2,1-5H3,(H2,27,28,29)/t15-,16?,17?,18?,22+/m0/s1. The van der Waals surface area contributed by atoms with E-state index in [0.29, 0.717) is 49.4 Å². The number of nitrogens with zero attached hydrogens (tertiary/aromatic N) is 6. The molecule has 0 aliphatic carbocycles. The lowest BCUT2D eigenvalue weighted by Crippen LogP contribution is -2.64. The van der Waals surface area contributed by atoms with Gasteiger partial charge in [0.05, 0.1) is 19.5 Å². The third-order valence-electron chi connectivity index (χ3n) is 7.72. The van der Waals surface area contributed by atoms with Crippen molar-refractivity contribution in [2.75, 3.05) is 38.2 Å². The Kier molecular flexibility index (Phi) is 8.36. The second-order valence-electron chi connectivity index (χ2n) is 11.6. The molecular formula is C26H39N7O7S. The molecule has 0 aromatic carbocycles. The maximum absolute atomic E-state index is 12.7. The second-order valence-corrected chi connectivity index (χ2v) is 12.9. The Bertz CT molecular complexity index is 1270. The molecule has 0 saturated carbocycles. The summed E-state index contributed by atoms with van der Waals surface area (Å²) in [5.41, 5.74) is 6.36. The number of aromatic nitrogens is 4. The van der Waals surface area contributed by atoms with E-state index < -0.39 is 29.9 Å². The summed E-state index contributed by atoms with van der Waals surface area (Å²) in [5, 5.41) is 10.6. The number of nitrogens with two attached hydrogens (primary N) is 1.